The van der Waals surface area contributed by atoms with Crippen LogP contribution in [0.2, 0.25) is 0 Å². The van der Waals surface area contributed by atoms with Gasteiger partial charge in [-0.3, -0.25) is 0 Å². The lowest BCUT2D eigenvalue weighted by Gasteiger charge is -2.06. The van der Waals surface area contributed by atoms with Crippen LogP contribution in [0.3, 0.4) is 0 Å². The van der Waals surface area contributed by atoms with Crippen LogP contribution < -0.4 is 10.5 Å². The van der Waals surface area contributed by atoms with Crippen LogP contribution in [0.25, 0.3) is 0 Å². The molecule has 6 heteroatoms. The molecule has 74 valence electrons. The van der Waals surface area contributed by atoms with Crippen molar-refractivity contribution in [2.45, 2.75) is 18.9 Å². The molecule has 2 N–H and O–H groups in total. The van der Waals surface area contributed by atoms with Gasteiger partial charge in [-0.1, -0.05) is 0 Å². The second kappa shape index (κ2) is 3.13. The Balaban J connectivity index is 2.36. The second-order valence-corrected chi connectivity index (χ2v) is 3.13. The fourth-order valence-electron chi connectivity index (χ4n) is 1.05. The zero-order valence-electron chi connectivity index (χ0n) is 7.34. The minimum atomic E-state index is -0.589. The number of pyridine rings is 1. The minimum absolute atomic E-state index is 0.0696. The molecule has 1 aliphatic rings. The summed E-state index contributed by atoms with van der Waals surface area (Å²) in [6.07, 6.45) is 3.21. The molecule has 0 bridgehead atoms. The molecular weight excluding hydrogens is 186 g/mol. The Morgan fingerprint density at radius 3 is 2.93 bits per heavy atom. The van der Waals surface area contributed by atoms with Gasteiger partial charge in [-0.05, 0) is 22.7 Å². The molecule has 0 unspecified atom stereocenters. The zero-order valence-corrected chi connectivity index (χ0v) is 7.34. The van der Waals surface area contributed by atoms with Crippen LogP contribution in [-0.2, 0) is 0 Å². The van der Waals surface area contributed by atoms with Gasteiger partial charge < -0.3 is 20.6 Å². The number of anilines is 1. The predicted octanol–water partition coefficient (Wildman–Crippen LogP) is 1.11. The SMILES string of the molecule is Nc1ccnc([N+](=O)[O-])c1OC1CC1. The molecule has 0 aliphatic heterocycles. The Morgan fingerprint density at radius 1 is 1.64 bits per heavy atom. The Hall–Kier alpha value is -1.85. The van der Waals surface area contributed by atoms with Gasteiger partial charge in [-0.15, -0.1) is 0 Å². The van der Waals surface area contributed by atoms with Crippen LogP contribution in [-0.4, -0.2) is 16.0 Å². The highest BCUT2D eigenvalue weighted by atomic mass is 16.6. The Labute approximate surface area is 79.8 Å². The summed E-state index contributed by atoms with van der Waals surface area (Å²) >= 11 is 0. The summed E-state index contributed by atoms with van der Waals surface area (Å²) in [6, 6.07) is 1.49. The fourth-order valence-corrected chi connectivity index (χ4v) is 1.05. The van der Waals surface area contributed by atoms with Crippen LogP contribution in [0.15, 0.2) is 12.3 Å². The maximum atomic E-state index is 10.6. The number of ether oxygens (including phenoxy) is 1. The first-order valence-electron chi connectivity index (χ1n) is 4.24. The van der Waals surface area contributed by atoms with Crippen LogP contribution in [0.4, 0.5) is 11.5 Å². The molecule has 14 heavy (non-hydrogen) atoms. The molecule has 0 radical (unpaired) electrons. The van der Waals surface area contributed by atoms with E-state index in [9.17, 15) is 10.1 Å². The van der Waals surface area contributed by atoms with Gasteiger partial charge in [0.2, 0.25) is 5.75 Å². The van der Waals surface area contributed by atoms with Crippen molar-refractivity contribution in [1.29, 1.82) is 0 Å². The van der Waals surface area contributed by atoms with Crippen LogP contribution in [0, 0.1) is 10.1 Å². The normalized spacial score (nSPS) is 15.1. The second-order valence-electron chi connectivity index (χ2n) is 3.13. The minimum Gasteiger partial charge on any atom is -0.481 e. The van der Waals surface area contributed by atoms with Crippen molar-refractivity contribution in [2.24, 2.45) is 0 Å². The molecule has 2 rings (SSSR count). The van der Waals surface area contributed by atoms with Gasteiger partial charge in [0.15, 0.2) is 0 Å². The Morgan fingerprint density at radius 2 is 2.36 bits per heavy atom. The van der Waals surface area contributed by atoms with E-state index < -0.39 is 4.92 Å². The predicted molar refractivity (Wildman–Crippen MR) is 49.0 cm³/mol. The lowest BCUT2D eigenvalue weighted by Crippen LogP contribution is -2.04. The number of nitro groups is 1. The standard InChI is InChI=1S/C8H9N3O3/c9-6-3-4-10-8(11(12)13)7(6)14-5-1-2-5/h3-5H,1-2H2,(H2,9,10). The number of nitrogens with zero attached hydrogens (tertiary/aromatic N) is 2. The van der Waals surface area contributed by atoms with E-state index in [1.165, 1.54) is 12.3 Å². The van der Waals surface area contributed by atoms with Gasteiger partial charge in [-0.25, -0.2) is 0 Å². The van der Waals surface area contributed by atoms with Gasteiger partial charge in [0, 0.05) is 6.07 Å². The quantitative estimate of drug-likeness (QED) is 0.576. The number of hydrogen-bond acceptors (Lipinski definition) is 5. The summed E-state index contributed by atoms with van der Waals surface area (Å²) in [5.41, 5.74) is 5.83. The molecule has 1 heterocycles. The van der Waals surface area contributed by atoms with E-state index in [-0.39, 0.29) is 23.4 Å². The third-order valence-corrected chi connectivity index (χ3v) is 1.90. The number of aromatic nitrogens is 1. The Kier molecular flexibility index (Phi) is 1.95. The zero-order chi connectivity index (χ0) is 10.1. The van der Waals surface area contributed by atoms with Gasteiger partial charge in [0.05, 0.1) is 11.8 Å². The van der Waals surface area contributed by atoms with Crippen LogP contribution in [0.1, 0.15) is 12.8 Å². The summed E-state index contributed by atoms with van der Waals surface area (Å²) in [7, 11) is 0. The maximum absolute atomic E-state index is 10.6. The van der Waals surface area contributed by atoms with Gasteiger partial charge in [0.1, 0.15) is 6.20 Å². The van der Waals surface area contributed by atoms with E-state index >= 15 is 0 Å². The molecular formula is C8H9N3O3. The van der Waals surface area contributed by atoms with E-state index in [0.29, 0.717) is 0 Å². The van der Waals surface area contributed by atoms with Crippen molar-refractivity contribution in [3.63, 3.8) is 0 Å². The Bertz CT molecular complexity index is 376. The molecule has 0 saturated heterocycles. The fraction of sp³-hybridized carbons (Fsp3) is 0.375. The number of nitrogen functional groups attached to an aromatic ring is 1. The molecule has 0 spiro atoms. The third-order valence-electron chi connectivity index (χ3n) is 1.90. The molecule has 1 fully saturated rings. The summed E-state index contributed by atoms with van der Waals surface area (Å²) in [5.74, 6) is -0.211. The summed E-state index contributed by atoms with van der Waals surface area (Å²) in [5, 5.41) is 10.6. The first-order valence-corrected chi connectivity index (χ1v) is 4.24. The summed E-state index contributed by atoms with van der Waals surface area (Å²) < 4.78 is 5.32. The molecule has 1 saturated carbocycles. The van der Waals surface area contributed by atoms with E-state index in [1.54, 1.807) is 0 Å². The topological polar surface area (TPSA) is 91.3 Å². The van der Waals surface area contributed by atoms with Crippen molar-refractivity contribution < 1.29 is 9.66 Å². The molecule has 6 nitrogen and oxygen atoms in total. The number of hydrogen-bond donors (Lipinski definition) is 1. The highest BCUT2D eigenvalue weighted by Gasteiger charge is 2.29. The third kappa shape index (κ3) is 1.59. The first kappa shape index (κ1) is 8.74. The lowest BCUT2D eigenvalue weighted by atomic mass is 10.3. The number of nitrogens with two attached hydrogens (primary N) is 1. The van der Waals surface area contributed by atoms with Crippen molar-refractivity contribution in [3.8, 4) is 5.75 Å². The largest absolute Gasteiger partial charge is 0.481 e. The highest BCUT2D eigenvalue weighted by Crippen LogP contribution is 2.35. The van der Waals surface area contributed by atoms with Crippen LogP contribution >= 0.6 is 0 Å². The molecule has 1 aliphatic carbocycles. The maximum Gasteiger partial charge on any atom is 0.408 e. The van der Waals surface area contributed by atoms with Crippen molar-refractivity contribution in [3.05, 3.63) is 22.4 Å². The van der Waals surface area contributed by atoms with E-state index in [2.05, 4.69) is 4.98 Å². The first-order chi connectivity index (χ1) is 6.68. The van der Waals surface area contributed by atoms with Crippen molar-refractivity contribution in [2.75, 3.05) is 5.73 Å². The molecule has 1 aromatic rings. The smallest absolute Gasteiger partial charge is 0.408 e. The summed E-state index contributed by atoms with van der Waals surface area (Å²) in [4.78, 5) is 13.6. The monoisotopic (exact) mass is 195 g/mol. The van der Waals surface area contributed by atoms with E-state index in [0.717, 1.165) is 12.8 Å². The summed E-state index contributed by atoms with van der Waals surface area (Å²) in [6.45, 7) is 0. The van der Waals surface area contributed by atoms with E-state index in [4.69, 9.17) is 10.5 Å². The highest BCUT2D eigenvalue weighted by molar-refractivity contribution is 5.60. The molecule has 0 atom stereocenters. The lowest BCUT2D eigenvalue weighted by molar-refractivity contribution is -0.390. The molecule has 1 aromatic heterocycles. The van der Waals surface area contributed by atoms with Crippen LogP contribution in [0.5, 0.6) is 5.75 Å². The average Bonchev–Trinajstić information content (AvgIpc) is 2.91. The number of rotatable bonds is 3. The van der Waals surface area contributed by atoms with Gasteiger partial charge in [0.25, 0.3) is 0 Å². The van der Waals surface area contributed by atoms with Crippen molar-refractivity contribution >= 4 is 11.5 Å². The van der Waals surface area contributed by atoms with Gasteiger partial charge >= 0.3 is 5.82 Å². The van der Waals surface area contributed by atoms with E-state index in [1.807, 2.05) is 0 Å². The van der Waals surface area contributed by atoms with Gasteiger partial charge in [-0.2, -0.15) is 0 Å². The average molecular weight is 195 g/mol. The van der Waals surface area contributed by atoms with Crippen molar-refractivity contribution in [1.82, 2.24) is 4.98 Å². The molecule has 0 amide bonds. The molecule has 0 aromatic carbocycles.